The van der Waals surface area contributed by atoms with E-state index in [9.17, 15) is 10.1 Å². The van der Waals surface area contributed by atoms with Gasteiger partial charge in [-0.3, -0.25) is 9.36 Å². The van der Waals surface area contributed by atoms with Crippen LogP contribution in [0.15, 0.2) is 52.1 Å². The fourth-order valence-corrected chi connectivity index (χ4v) is 4.89. The largest absolute Gasteiger partial charge is 0.355 e. The van der Waals surface area contributed by atoms with Gasteiger partial charge < -0.3 is 15.6 Å². The maximum atomic E-state index is 13.6. The summed E-state index contributed by atoms with van der Waals surface area (Å²) in [6.07, 6.45) is 3.76. The Balaban J connectivity index is 1.71. The summed E-state index contributed by atoms with van der Waals surface area (Å²) in [6, 6.07) is 11.7. The summed E-state index contributed by atoms with van der Waals surface area (Å²) in [5, 5.41) is 13.6. The van der Waals surface area contributed by atoms with Crippen LogP contribution in [0.4, 0.5) is 5.95 Å². The van der Waals surface area contributed by atoms with Crippen LogP contribution in [0, 0.1) is 11.3 Å². The van der Waals surface area contributed by atoms with Crippen LogP contribution in [0.2, 0.25) is 0 Å². The van der Waals surface area contributed by atoms with Crippen LogP contribution in [0.5, 0.6) is 0 Å². The average molecular weight is 431 g/mol. The number of piperidine rings is 1. The smallest absolute Gasteiger partial charge is 0.279 e. The van der Waals surface area contributed by atoms with E-state index in [1.807, 2.05) is 35.8 Å². The molecule has 4 heterocycles. The van der Waals surface area contributed by atoms with Crippen molar-refractivity contribution in [2.24, 2.45) is 5.73 Å². The zero-order chi connectivity index (χ0) is 21.4. The van der Waals surface area contributed by atoms with Crippen molar-refractivity contribution in [3.05, 3.63) is 68.8 Å². The molecule has 5 rings (SSSR count). The van der Waals surface area contributed by atoms with Crippen LogP contribution in [-0.4, -0.2) is 33.7 Å². The second kappa shape index (κ2) is 8.02. The van der Waals surface area contributed by atoms with Gasteiger partial charge in [-0.2, -0.15) is 16.6 Å². The lowest BCUT2D eigenvalue weighted by molar-refractivity contribution is 0.492. The molecule has 1 aliphatic heterocycles. The third-order valence-corrected chi connectivity index (χ3v) is 6.49. The molecule has 156 valence electrons. The molecular formula is C23H22N6OS. The zero-order valence-corrected chi connectivity index (χ0v) is 17.7. The van der Waals surface area contributed by atoms with Crippen LogP contribution < -0.4 is 16.2 Å². The van der Waals surface area contributed by atoms with E-state index in [4.69, 9.17) is 10.7 Å². The first-order valence-corrected chi connectivity index (χ1v) is 11.2. The summed E-state index contributed by atoms with van der Waals surface area (Å²) in [5.74, 6) is 0.608. The van der Waals surface area contributed by atoms with Gasteiger partial charge >= 0.3 is 0 Å². The van der Waals surface area contributed by atoms with E-state index in [0.29, 0.717) is 29.1 Å². The average Bonchev–Trinajstić information content (AvgIpc) is 3.45. The van der Waals surface area contributed by atoms with Crippen molar-refractivity contribution >= 4 is 28.3 Å². The zero-order valence-electron chi connectivity index (χ0n) is 16.9. The molecule has 1 aromatic carbocycles. The number of benzene rings is 1. The van der Waals surface area contributed by atoms with Crippen LogP contribution >= 0.6 is 11.3 Å². The third kappa shape index (κ3) is 3.52. The first-order chi connectivity index (χ1) is 15.2. The Kier molecular flexibility index (Phi) is 5.06. The summed E-state index contributed by atoms with van der Waals surface area (Å²) >= 11 is 1.61. The predicted octanol–water partition coefficient (Wildman–Crippen LogP) is 3.30. The fraction of sp³-hybridized carbons (Fsp3) is 0.261. The molecule has 1 saturated heterocycles. The van der Waals surface area contributed by atoms with Gasteiger partial charge in [0, 0.05) is 30.9 Å². The number of H-pyrrole nitrogens is 1. The Morgan fingerprint density at radius 1 is 1.32 bits per heavy atom. The second-order valence-corrected chi connectivity index (χ2v) is 8.64. The van der Waals surface area contributed by atoms with Crippen LogP contribution in [0.3, 0.4) is 0 Å². The summed E-state index contributed by atoms with van der Waals surface area (Å²) in [6.45, 7) is 1.72. The van der Waals surface area contributed by atoms with Crippen LogP contribution in [-0.2, 0) is 6.54 Å². The van der Waals surface area contributed by atoms with Gasteiger partial charge in [0.1, 0.15) is 11.0 Å². The first kappa shape index (κ1) is 19.5. The Hall–Kier alpha value is -3.41. The van der Waals surface area contributed by atoms with Gasteiger partial charge in [-0.1, -0.05) is 18.2 Å². The van der Waals surface area contributed by atoms with Gasteiger partial charge in [0.25, 0.3) is 5.56 Å². The van der Waals surface area contributed by atoms with E-state index in [1.165, 1.54) is 0 Å². The number of nitrogens with zero attached hydrogens (tertiary/aromatic N) is 4. The van der Waals surface area contributed by atoms with E-state index in [-0.39, 0.29) is 18.1 Å². The Morgan fingerprint density at radius 2 is 2.19 bits per heavy atom. The number of rotatable bonds is 4. The van der Waals surface area contributed by atoms with Crippen molar-refractivity contribution in [3.63, 3.8) is 0 Å². The van der Waals surface area contributed by atoms with Crippen LogP contribution in [0.1, 0.15) is 24.0 Å². The highest BCUT2D eigenvalue weighted by atomic mass is 32.1. The second-order valence-electron chi connectivity index (χ2n) is 7.86. The third-order valence-electron chi connectivity index (χ3n) is 5.80. The number of anilines is 1. The van der Waals surface area contributed by atoms with Crippen molar-refractivity contribution in [1.82, 2.24) is 14.5 Å². The molecule has 1 aliphatic rings. The van der Waals surface area contributed by atoms with Crippen molar-refractivity contribution in [1.29, 1.82) is 5.26 Å². The number of hydrogen-bond donors (Lipinski definition) is 2. The molecule has 1 atom stereocenters. The minimum Gasteiger partial charge on any atom is -0.355 e. The summed E-state index contributed by atoms with van der Waals surface area (Å²) < 4.78 is 1.67. The molecule has 0 unspecified atom stereocenters. The molecule has 1 fully saturated rings. The van der Waals surface area contributed by atoms with Crippen molar-refractivity contribution in [2.45, 2.75) is 25.4 Å². The minimum atomic E-state index is -0.145. The highest BCUT2D eigenvalue weighted by Crippen LogP contribution is 2.30. The Morgan fingerprint density at radius 3 is 2.97 bits per heavy atom. The molecule has 0 amide bonds. The van der Waals surface area contributed by atoms with Gasteiger partial charge in [-0.05, 0) is 46.9 Å². The number of aromatic nitrogens is 3. The van der Waals surface area contributed by atoms with E-state index in [1.54, 1.807) is 22.0 Å². The quantitative estimate of drug-likeness (QED) is 0.517. The van der Waals surface area contributed by atoms with Crippen molar-refractivity contribution in [3.8, 4) is 17.2 Å². The maximum absolute atomic E-state index is 13.6. The molecule has 0 bridgehead atoms. The summed E-state index contributed by atoms with van der Waals surface area (Å²) in [5.41, 5.74) is 10.5. The molecule has 4 aromatic rings. The van der Waals surface area contributed by atoms with Gasteiger partial charge in [-0.25, -0.2) is 4.98 Å². The molecule has 0 aliphatic carbocycles. The Labute approximate surface area is 183 Å². The first-order valence-electron chi connectivity index (χ1n) is 10.3. The van der Waals surface area contributed by atoms with Crippen LogP contribution in [0.25, 0.3) is 22.2 Å². The lowest BCUT2D eigenvalue weighted by Gasteiger charge is -2.33. The number of hydrogen-bond acceptors (Lipinski definition) is 6. The van der Waals surface area contributed by atoms with E-state index in [2.05, 4.69) is 21.3 Å². The predicted molar refractivity (Wildman–Crippen MR) is 123 cm³/mol. The topological polar surface area (TPSA) is 104 Å². The maximum Gasteiger partial charge on any atom is 0.279 e. The summed E-state index contributed by atoms with van der Waals surface area (Å²) in [4.78, 5) is 23.8. The van der Waals surface area contributed by atoms with Gasteiger partial charge in [0.05, 0.1) is 18.2 Å². The van der Waals surface area contributed by atoms with E-state index in [0.717, 1.165) is 36.1 Å². The lowest BCUT2D eigenvalue weighted by Crippen LogP contribution is -2.45. The van der Waals surface area contributed by atoms with E-state index >= 15 is 0 Å². The molecule has 0 spiro atoms. The fourth-order valence-electron chi connectivity index (χ4n) is 4.23. The molecule has 3 aromatic heterocycles. The molecule has 8 heteroatoms. The standard InChI is InChI=1S/C23H22N6OS/c24-10-15-4-1-2-5-16(15)12-29-22(30)21-20(19(11-26-21)17-7-9-31-14-17)27-23(29)28-8-3-6-18(25)13-28/h1-2,4-5,7,9,11,14,18,26H,3,6,8,12-13,25H2/t18-/m1/s1. The monoisotopic (exact) mass is 430 g/mol. The number of fused-ring (bicyclic) bond motifs is 1. The highest BCUT2D eigenvalue weighted by molar-refractivity contribution is 7.08. The van der Waals surface area contributed by atoms with Gasteiger partial charge in [0.2, 0.25) is 5.95 Å². The van der Waals surface area contributed by atoms with Gasteiger partial charge in [0.15, 0.2) is 0 Å². The molecule has 0 saturated carbocycles. The summed E-state index contributed by atoms with van der Waals surface area (Å²) in [7, 11) is 0. The minimum absolute atomic E-state index is 0.0452. The van der Waals surface area contributed by atoms with Gasteiger partial charge in [-0.15, -0.1) is 0 Å². The van der Waals surface area contributed by atoms with E-state index < -0.39 is 0 Å². The SMILES string of the molecule is N#Cc1ccccc1Cn1c(N2CCC[C@@H](N)C2)nc2c(-c3ccsc3)c[nH]c2c1=O. The molecule has 3 N–H and O–H groups in total. The molecule has 0 radical (unpaired) electrons. The highest BCUT2D eigenvalue weighted by Gasteiger charge is 2.24. The molecule has 31 heavy (non-hydrogen) atoms. The number of nitriles is 1. The van der Waals surface area contributed by atoms with Crippen molar-refractivity contribution in [2.75, 3.05) is 18.0 Å². The van der Waals surface area contributed by atoms with Crippen molar-refractivity contribution < 1.29 is 0 Å². The number of aromatic amines is 1. The molecular weight excluding hydrogens is 408 g/mol. The number of nitrogens with one attached hydrogen (secondary N) is 1. The molecule has 7 nitrogen and oxygen atoms in total. The Bertz CT molecular complexity index is 1330. The lowest BCUT2D eigenvalue weighted by atomic mass is 10.1. The normalized spacial score (nSPS) is 16.5. The number of nitrogens with two attached hydrogens (primary N) is 1. The number of thiophene rings is 1.